The molecule has 37 heavy (non-hydrogen) atoms. The number of benzene rings is 2. The van der Waals surface area contributed by atoms with Crippen LogP contribution in [0.15, 0.2) is 60.7 Å². The van der Waals surface area contributed by atoms with Gasteiger partial charge in [0.15, 0.2) is 0 Å². The molecule has 0 bridgehead atoms. The fourth-order valence-electron chi connectivity index (χ4n) is 3.94. The van der Waals surface area contributed by atoms with E-state index in [1.54, 1.807) is 56.0 Å². The number of aliphatic hydroxyl groups excluding tert-OH is 1. The topological polar surface area (TPSA) is 55.8 Å². The van der Waals surface area contributed by atoms with Gasteiger partial charge in [0, 0.05) is 25.0 Å². The van der Waals surface area contributed by atoms with Crippen LogP contribution < -0.4 is 0 Å². The molecule has 2 saturated carbocycles. The van der Waals surface area contributed by atoms with Gasteiger partial charge in [0.25, 0.3) is 5.60 Å². The smallest absolute Gasteiger partial charge is 0.453 e. The monoisotopic (exact) mass is 552 g/mol. The van der Waals surface area contributed by atoms with Gasteiger partial charge in [0.2, 0.25) is 0 Å². The number of esters is 1. The van der Waals surface area contributed by atoms with E-state index < -0.39 is 35.5 Å². The molecule has 2 aliphatic rings. The fraction of sp³-hybridized carbons (Fsp3) is 0.207. The molecule has 4 nitrogen and oxygen atoms in total. The zero-order valence-electron chi connectivity index (χ0n) is 20.0. The molecular weight excluding hydrogens is 525 g/mol. The number of methoxy groups -OCH3 is 1. The van der Waals surface area contributed by atoms with Crippen LogP contribution in [0.3, 0.4) is 0 Å². The average molecular weight is 552 g/mol. The minimum Gasteiger partial charge on any atom is -0.453 e. The van der Waals surface area contributed by atoms with Crippen molar-refractivity contribution in [1.29, 1.82) is 0 Å². The Kier molecular flexibility index (Phi) is 12.2. The molecule has 8 heteroatoms. The summed E-state index contributed by atoms with van der Waals surface area (Å²) in [5, 5.41) is 10.3. The summed E-state index contributed by atoms with van der Waals surface area (Å²) in [5.41, 5.74) is -4.81. The molecule has 0 unspecified atom stereocenters. The molecule has 2 aliphatic carbocycles. The van der Waals surface area contributed by atoms with Crippen molar-refractivity contribution in [3.8, 4) is 0 Å². The average Bonchev–Trinajstić information content (AvgIpc) is 3.62. The molecule has 0 spiro atoms. The summed E-state index contributed by atoms with van der Waals surface area (Å²) < 4.78 is 53.2. The Morgan fingerprint density at radius 3 is 1.73 bits per heavy atom. The number of alkyl halides is 3. The molecule has 2 fully saturated rings. The molecule has 194 valence electrons. The Bertz CT molecular complexity index is 924. The first-order valence-electron chi connectivity index (χ1n) is 11.2. The van der Waals surface area contributed by atoms with Crippen LogP contribution in [0.2, 0.25) is 0 Å². The Labute approximate surface area is 228 Å². The summed E-state index contributed by atoms with van der Waals surface area (Å²) in [5.74, 6) is -1.27. The van der Waals surface area contributed by atoms with Gasteiger partial charge in [0.1, 0.15) is 5.60 Å². The van der Waals surface area contributed by atoms with Crippen molar-refractivity contribution >= 4 is 5.97 Å². The predicted molar refractivity (Wildman–Crippen MR) is 129 cm³/mol. The maximum atomic E-state index is 14.3. The summed E-state index contributed by atoms with van der Waals surface area (Å²) in [6.45, 7) is -0.718. The third kappa shape index (κ3) is 7.38. The van der Waals surface area contributed by atoms with Crippen molar-refractivity contribution in [3.63, 3.8) is 0 Å². The number of aliphatic hydroxyl groups is 1. The number of ether oxygens (including phenoxy) is 2. The van der Waals surface area contributed by atoms with Gasteiger partial charge in [-0.1, -0.05) is 60.7 Å². The van der Waals surface area contributed by atoms with Crippen LogP contribution in [-0.2, 0) is 43.4 Å². The van der Waals surface area contributed by atoms with Crippen LogP contribution >= 0.6 is 0 Å². The van der Waals surface area contributed by atoms with Gasteiger partial charge in [-0.2, -0.15) is 13.2 Å². The van der Waals surface area contributed by atoms with Crippen LogP contribution in [0, 0.1) is 63.7 Å². The fourth-order valence-corrected chi connectivity index (χ4v) is 3.94. The van der Waals surface area contributed by atoms with Gasteiger partial charge in [-0.3, -0.25) is 0 Å². The normalized spacial score (nSPS) is 19.1. The first-order chi connectivity index (χ1) is 17.3. The van der Waals surface area contributed by atoms with Crippen molar-refractivity contribution in [1.82, 2.24) is 0 Å². The van der Waals surface area contributed by atoms with Crippen molar-refractivity contribution in [2.24, 2.45) is 0 Å². The van der Waals surface area contributed by atoms with Crippen LogP contribution in [0.4, 0.5) is 13.2 Å². The van der Waals surface area contributed by atoms with Gasteiger partial charge in [0.05, 0.1) is 6.61 Å². The van der Waals surface area contributed by atoms with Crippen molar-refractivity contribution in [3.05, 3.63) is 135 Å². The Balaban J connectivity index is 0.000000716. The minimum absolute atomic E-state index is 0. The number of hydrogen-bond donors (Lipinski definition) is 1. The molecular formula is C29H27F3FeO4+2. The van der Waals surface area contributed by atoms with Gasteiger partial charge in [-0.25, -0.2) is 4.79 Å². The van der Waals surface area contributed by atoms with E-state index in [0.29, 0.717) is 11.5 Å². The summed E-state index contributed by atoms with van der Waals surface area (Å²) >= 11 is 0. The van der Waals surface area contributed by atoms with E-state index in [1.165, 1.54) is 18.2 Å². The molecule has 0 heterocycles. The number of halogens is 3. The van der Waals surface area contributed by atoms with E-state index in [-0.39, 0.29) is 23.5 Å². The van der Waals surface area contributed by atoms with Gasteiger partial charge in [-0.15, -0.1) is 0 Å². The summed E-state index contributed by atoms with van der Waals surface area (Å²) in [6, 6.07) is 15.4. The number of hydrogen-bond acceptors (Lipinski definition) is 4. The molecule has 2 aromatic rings. The minimum atomic E-state index is -5.11. The Morgan fingerprint density at radius 2 is 1.30 bits per heavy atom. The molecule has 10 radical (unpaired) electrons. The zero-order chi connectivity index (χ0) is 26.1. The molecule has 2 atom stereocenters. The van der Waals surface area contributed by atoms with Crippen LogP contribution in [0.25, 0.3) is 0 Å². The second kappa shape index (κ2) is 14.3. The summed E-state index contributed by atoms with van der Waals surface area (Å²) in [7, 11) is 0.808. The number of rotatable bonds is 8. The second-order valence-electron chi connectivity index (χ2n) is 8.09. The Morgan fingerprint density at radius 1 is 0.811 bits per heavy atom. The van der Waals surface area contributed by atoms with Crippen LogP contribution in [0.5, 0.6) is 0 Å². The molecule has 0 amide bonds. The number of carbonyl (C=O) groups is 1. The maximum absolute atomic E-state index is 14.3. The summed E-state index contributed by atoms with van der Waals surface area (Å²) in [4.78, 5) is 13.2. The molecule has 2 aromatic carbocycles. The zero-order valence-corrected chi connectivity index (χ0v) is 21.1. The molecule has 4 rings (SSSR count). The molecule has 0 aliphatic heterocycles. The Hall–Kier alpha value is -1.86. The van der Waals surface area contributed by atoms with Gasteiger partial charge < -0.3 is 14.6 Å². The van der Waals surface area contributed by atoms with E-state index in [1.807, 2.05) is 32.1 Å². The van der Waals surface area contributed by atoms with Crippen LogP contribution in [0.1, 0.15) is 11.1 Å². The first-order valence-corrected chi connectivity index (χ1v) is 11.2. The standard InChI is InChI=1S/C24H22F3O4.C5H5.Fe/c1-30-23(24(25,26)27,20-14-6-3-7-15-20)21(29)31-22(17-28,19-12-8-9-13-19)16-18-10-4-2-5-11-18;1-2-4-5-3-1;/h2-15,28H,16-17H2,1H3;1-5H;/q;;+2/t22-,23+;;/m1../s1. The molecule has 0 saturated heterocycles. The second-order valence-corrected chi connectivity index (χ2v) is 8.09. The van der Waals surface area contributed by atoms with Crippen LogP contribution in [-0.4, -0.2) is 36.6 Å². The summed E-state index contributed by atoms with van der Waals surface area (Å²) in [6.07, 6.45) is 11.4. The van der Waals surface area contributed by atoms with Crippen molar-refractivity contribution < 1.29 is 49.6 Å². The van der Waals surface area contributed by atoms with Crippen molar-refractivity contribution in [2.45, 2.75) is 23.8 Å². The van der Waals surface area contributed by atoms with E-state index in [4.69, 9.17) is 9.47 Å². The molecule has 0 aromatic heterocycles. The molecule has 1 N–H and O–H groups in total. The third-order valence-electron chi connectivity index (χ3n) is 5.79. The third-order valence-corrected chi connectivity index (χ3v) is 5.79. The van der Waals surface area contributed by atoms with E-state index in [9.17, 15) is 23.1 Å². The van der Waals surface area contributed by atoms with E-state index in [2.05, 4.69) is 0 Å². The van der Waals surface area contributed by atoms with E-state index >= 15 is 0 Å². The van der Waals surface area contributed by atoms with Crippen molar-refractivity contribution in [2.75, 3.05) is 13.7 Å². The quantitative estimate of drug-likeness (QED) is 0.369. The maximum Gasteiger partial charge on any atom is 2.00 e. The van der Waals surface area contributed by atoms with E-state index in [0.717, 1.165) is 19.2 Å². The van der Waals surface area contributed by atoms with Gasteiger partial charge in [-0.05, 0) is 63.4 Å². The number of carbonyl (C=O) groups excluding carboxylic acids is 1. The van der Waals surface area contributed by atoms with Gasteiger partial charge >= 0.3 is 29.2 Å². The predicted octanol–water partition coefficient (Wildman–Crippen LogP) is 5.03. The largest absolute Gasteiger partial charge is 2.00 e. The SMILES string of the molecule is CO[C@](C(=O)O[C@@](CO)(Cc1ccccc1)[C]1[CH][CH][CH][CH]1)(c1ccccc1)C(F)(F)F.[CH]1[CH][CH][CH][CH]1.[Fe+2]. The first kappa shape index (κ1) is 31.4.